The Hall–Kier alpha value is -10.7. The number of allylic oxidation sites excluding steroid dienone is 2. The molecule has 16 rings (SSSR count). The smallest absolute Gasteiger partial charge is 0.250 e. The molecular formula is C107H148N6O23Si3. The van der Waals surface area contributed by atoms with E-state index in [1.54, 1.807) is 73.4 Å². The van der Waals surface area contributed by atoms with Gasteiger partial charge in [-0.2, -0.15) is 0 Å². The number of aliphatic hydroxyl groups excluding tert-OH is 3. The molecule has 3 amide bonds. The van der Waals surface area contributed by atoms with Crippen molar-refractivity contribution in [2.45, 2.75) is 260 Å². The molecule has 0 aromatic heterocycles. The summed E-state index contributed by atoms with van der Waals surface area (Å²) in [4.78, 5) is 82.7. The Morgan fingerprint density at radius 1 is 0.381 bits per heavy atom. The molecule has 0 spiro atoms. The van der Waals surface area contributed by atoms with Crippen LogP contribution in [-0.2, 0) is 52.9 Å². The Bertz CT molecular complexity index is 5880. The SMILES string of the molecule is C.CO.COC1=C(C)C(=O)C2=C(C1=O)[C@@H]1C3=Cc4c(O[Si](C)(C)C(C)(C)C)c(C)c(OC)c(OC)c4[C@H](COCc4ccccc4)N3C(=O)[C@H](C2)N1C.COc1c(C)c(C)c2c(c1C)[C@@H]1C3=Cc4c(O[Si](C)(C)C(C)(C)C)c(C)c(OC)c(OC)c4[C@H](CO)N3C(=O)[C@H](C2)N1C.COc1c(C)c(O)c2c(c1O)[C@@H]1C3=Cc4c(O[Si](C)(C)C(C)(C)C)c(C)c(OC)c(OC)c4[C@H](CO)N3C(=O)[C@H](C2)N1C. The van der Waals surface area contributed by atoms with Gasteiger partial charge in [-0.25, -0.2) is 0 Å². The highest BCUT2D eigenvalue weighted by molar-refractivity contribution is 6.75. The lowest BCUT2D eigenvalue weighted by atomic mass is 9.73. The van der Waals surface area contributed by atoms with E-state index in [4.69, 9.17) is 65.8 Å². The molecule has 0 radical (unpaired) electrons. The van der Waals surface area contributed by atoms with Gasteiger partial charge in [0.15, 0.2) is 57.5 Å². The van der Waals surface area contributed by atoms with Crippen molar-refractivity contribution < 1.29 is 110 Å². The first-order chi connectivity index (χ1) is 64.7. The van der Waals surface area contributed by atoms with E-state index >= 15 is 0 Å². The van der Waals surface area contributed by atoms with Gasteiger partial charge in [-0.1, -0.05) is 100 Å². The van der Waals surface area contributed by atoms with Gasteiger partial charge in [-0.3, -0.25) is 38.7 Å². The van der Waals surface area contributed by atoms with E-state index in [9.17, 15) is 44.4 Å². The maximum atomic E-state index is 14.8. The highest BCUT2D eigenvalue weighted by Gasteiger charge is 2.60. The van der Waals surface area contributed by atoms with Crippen molar-refractivity contribution in [3.8, 4) is 74.7 Å². The monoisotopic (exact) mass is 1970 g/mol. The van der Waals surface area contributed by atoms with Gasteiger partial charge in [0.2, 0.25) is 23.5 Å². The number of aromatic hydroxyl groups is 2. The number of nitrogens with zero attached hydrogens (tertiary/aromatic N) is 6. The number of carbonyl (C=O) groups excluding carboxylic acids is 5. The number of rotatable bonds is 21. The number of aliphatic hydroxyl groups is 3. The zero-order valence-corrected chi connectivity index (χ0v) is 90.5. The fourth-order valence-electron chi connectivity index (χ4n) is 21.3. The number of carbonyl (C=O) groups is 5. The molecule has 0 unspecified atom stereocenters. The Morgan fingerprint density at radius 3 is 1.11 bits per heavy atom. The first-order valence-electron chi connectivity index (χ1n) is 47.1. The predicted molar refractivity (Wildman–Crippen MR) is 545 cm³/mol. The van der Waals surface area contributed by atoms with E-state index in [1.807, 2.05) is 99.1 Å². The lowest BCUT2D eigenvalue weighted by Gasteiger charge is -2.54. The Labute approximate surface area is 823 Å². The highest BCUT2D eigenvalue weighted by atomic mass is 28.4. The summed E-state index contributed by atoms with van der Waals surface area (Å²) in [7, 11) is 13.7. The van der Waals surface area contributed by atoms with E-state index in [0.29, 0.717) is 115 Å². The summed E-state index contributed by atoms with van der Waals surface area (Å²) in [5.41, 5.74) is 17.8. The van der Waals surface area contributed by atoms with Crippen LogP contribution >= 0.6 is 0 Å². The number of fused-ring (bicyclic) bond motifs is 20. The van der Waals surface area contributed by atoms with E-state index in [-0.39, 0.29) is 125 Å². The minimum Gasteiger partial charge on any atom is -0.543 e. The van der Waals surface area contributed by atoms with Crippen LogP contribution in [-0.4, -0.2) is 245 Å². The van der Waals surface area contributed by atoms with Crippen LogP contribution in [0.1, 0.15) is 213 Å². The zero-order chi connectivity index (χ0) is 102. The highest BCUT2D eigenvalue weighted by Crippen LogP contribution is 2.64. The summed E-state index contributed by atoms with van der Waals surface area (Å²) in [6.45, 7) is 48.1. The molecule has 32 heteroatoms. The molecule has 6 bridgehead atoms. The molecule has 3 fully saturated rings. The maximum Gasteiger partial charge on any atom is 0.250 e. The first-order valence-corrected chi connectivity index (χ1v) is 55.8. The van der Waals surface area contributed by atoms with Crippen molar-refractivity contribution in [2.24, 2.45) is 0 Å². The first kappa shape index (κ1) is 107. The lowest BCUT2D eigenvalue weighted by Crippen LogP contribution is -2.64. The third-order valence-corrected chi connectivity index (χ3v) is 44.7. The molecule has 1 aliphatic carbocycles. The second kappa shape index (κ2) is 39.3. The average Bonchev–Trinajstić information content (AvgIpc) is 0.701. The molecule has 10 aliphatic rings. The number of hydrogen-bond acceptors (Lipinski definition) is 26. The largest absolute Gasteiger partial charge is 0.543 e. The number of phenols is 2. The predicted octanol–water partition coefficient (Wildman–Crippen LogP) is 17.6. The van der Waals surface area contributed by atoms with E-state index < -0.39 is 67.2 Å². The zero-order valence-electron chi connectivity index (χ0n) is 87.5. The third-order valence-electron chi connectivity index (χ3n) is 31.8. The van der Waals surface area contributed by atoms with Gasteiger partial charge in [0.05, 0.1) is 145 Å². The quantitative estimate of drug-likeness (QED) is 0.0254. The van der Waals surface area contributed by atoms with Crippen molar-refractivity contribution in [1.29, 1.82) is 0 Å². The minimum atomic E-state index is -2.44. The molecule has 9 aliphatic heterocycles. The Morgan fingerprint density at radius 2 is 0.734 bits per heavy atom. The Kier molecular flexibility index (Phi) is 30.3. The normalized spacial score (nSPS) is 21.3. The second-order valence-electron chi connectivity index (χ2n) is 42.0. The number of Topliss-reactive ketones (excluding diaryl/α,β-unsaturated/α-hetero) is 2. The van der Waals surface area contributed by atoms with Gasteiger partial charge in [-0.15, -0.1) is 0 Å². The van der Waals surface area contributed by atoms with E-state index in [2.05, 4.69) is 133 Å². The van der Waals surface area contributed by atoms with Gasteiger partial charge in [0.1, 0.15) is 28.7 Å². The van der Waals surface area contributed by atoms with Crippen molar-refractivity contribution in [3.63, 3.8) is 0 Å². The average molecular weight is 1970 g/mol. The summed E-state index contributed by atoms with van der Waals surface area (Å²) in [5, 5.41) is 51.5. The van der Waals surface area contributed by atoms with E-state index in [0.717, 1.165) is 74.4 Å². The number of ketones is 2. The van der Waals surface area contributed by atoms with Crippen molar-refractivity contribution in [2.75, 3.05) is 112 Å². The molecule has 6 aromatic carbocycles. The topological polar surface area (TPSA) is 326 Å². The van der Waals surface area contributed by atoms with Crippen LogP contribution in [0, 0.1) is 48.5 Å². The number of benzene rings is 6. The van der Waals surface area contributed by atoms with E-state index in [1.165, 1.54) is 30.9 Å². The molecule has 756 valence electrons. The van der Waals surface area contributed by atoms with Gasteiger partial charge >= 0.3 is 0 Å². The van der Waals surface area contributed by atoms with Gasteiger partial charge in [0, 0.05) is 121 Å². The van der Waals surface area contributed by atoms with Crippen LogP contribution in [0.2, 0.25) is 54.4 Å². The Balaban J connectivity index is 0.000000185. The second-order valence-corrected chi connectivity index (χ2v) is 56.2. The number of piperazine rings is 3. The molecule has 5 N–H and O–H groups in total. The fourth-order valence-corrected chi connectivity index (χ4v) is 24.5. The molecule has 6 aromatic rings. The molecule has 139 heavy (non-hydrogen) atoms. The molecular weight excluding hydrogens is 1820 g/mol. The summed E-state index contributed by atoms with van der Waals surface area (Å²) >= 11 is 0. The lowest BCUT2D eigenvalue weighted by molar-refractivity contribution is -0.145. The van der Waals surface area contributed by atoms with Crippen LogP contribution in [0.5, 0.6) is 74.7 Å². The summed E-state index contributed by atoms with van der Waals surface area (Å²) in [5.74, 6) is 5.00. The van der Waals surface area contributed by atoms with Gasteiger partial charge in [0.25, 0.3) is 25.0 Å². The molecule has 9 atom stereocenters. The standard InChI is InChI=1S/C39H48N2O8Si.C34H48N2O6Si.C32H44N2O8Si.CH4O.CH4/c1-21-32(42)24-17-27-38(44)41-26(31(40(27)6)30(24)33(43)35(21)45-7)18-25-29(28(41)20-48-19-23-15-13-12-14-16-23)37(47-9)36(46-8)22(2)34(25)49-50(10,11)39(3,4)5;1-17-18(2)29(39-9)19(3)26-21(17)14-24-33(38)36-23(28(26)35(24)8)15-22-27(25(36)16-37)32(41-11)31(40-10)20(4)30(22)42-43(12,13)34(5,6)7;1-15-25(36)17-12-20-31(38)34-19(24(33(20)6)23(17)26(37)28(15)39-7)13-18-22(21(34)14-35)30(41-9)29(40-8)16(2)27(18)42-43(10,11)32(3,4)5;1-2;/h12-16,18,27-28,31H,17,19-20H2,1-11H3;15,24-25,28,37H,14,16H2,1-13H3;13,20-21,24,35-37H,12,14H2,1-11H3;2H,1H3;1H4/t27-,28-,31-;24-,25-,28-;20-,21-,24-;;/m000../s1. The van der Waals surface area contributed by atoms with Crippen LogP contribution in [0.25, 0.3) is 18.2 Å². The molecule has 3 saturated heterocycles. The van der Waals surface area contributed by atoms with Crippen LogP contribution in [0.15, 0.2) is 69.9 Å². The summed E-state index contributed by atoms with van der Waals surface area (Å²) < 4.78 is 80.4. The van der Waals surface area contributed by atoms with Crippen molar-refractivity contribution in [1.82, 2.24) is 29.4 Å². The third kappa shape index (κ3) is 17.0. The number of likely N-dealkylation sites (N-methyl/N-ethyl adjacent to an activating group) is 3. The van der Waals surface area contributed by atoms with Crippen LogP contribution in [0.3, 0.4) is 0 Å². The van der Waals surface area contributed by atoms with Crippen molar-refractivity contribution >= 4 is 72.5 Å². The minimum absolute atomic E-state index is 0. The molecule has 0 saturated carbocycles. The summed E-state index contributed by atoms with van der Waals surface area (Å²) in [6.07, 6.45) is 6.86. The van der Waals surface area contributed by atoms with Gasteiger partial charge < -0.3 is 101 Å². The maximum absolute atomic E-state index is 14.8. The molecule has 9 heterocycles. The van der Waals surface area contributed by atoms with Crippen molar-refractivity contribution in [3.05, 3.63) is 170 Å². The van der Waals surface area contributed by atoms with Crippen LogP contribution < -0.4 is 51.2 Å². The number of phenolic OH excluding ortho intramolecular Hbond substituents is 2. The summed E-state index contributed by atoms with van der Waals surface area (Å²) in [6, 6.07) is 4.51. The van der Waals surface area contributed by atoms with Crippen LogP contribution in [0.4, 0.5) is 0 Å². The van der Waals surface area contributed by atoms with Gasteiger partial charge in [-0.05, 0) is 189 Å². The number of hydrogen-bond donors (Lipinski definition) is 5. The molecule has 29 nitrogen and oxygen atoms in total. The number of ether oxygens (including phenoxy) is 10. The fraction of sp³-hybridized carbons (Fsp3) is 0.523. The number of methoxy groups -OCH3 is 9. The number of amides is 3.